The smallest absolute Gasteiger partial charge is 0.0662 e. The maximum Gasteiger partial charge on any atom is 0.0662 e. The van der Waals surface area contributed by atoms with E-state index in [9.17, 15) is 0 Å². The zero-order chi connectivity index (χ0) is 13.9. The van der Waals surface area contributed by atoms with E-state index in [0.29, 0.717) is 0 Å². The molecule has 2 nitrogen and oxygen atoms in total. The normalized spacial score (nSPS) is 10.9. The molecule has 4 aromatic carbocycles. The molecule has 0 bridgehead atoms. The van der Waals surface area contributed by atoms with E-state index in [1.54, 1.807) is 0 Å². The summed E-state index contributed by atoms with van der Waals surface area (Å²) in [5.74, 6) is 0. The molecular weight excluding hydrogens is 248 g/mol. The van der Waals surface area contributed by atoms with Gasteiger partial charge in [0, 0.05) is 0 Å². The fourth-order valence-electron chi connectivity index (χ4n) is 2.67. The minimum Gasteiger partial charge on any atom is -0.394 e. The first-order valence-electron chi connectivity index (χ1n) is 6.69. The number of aliphatic hydroxyl groups is 2. The summed E-state index contributed by atoms with van der Waals surface area (Å²) in [5, 5.41) is 23.4. The van der Waals surface area contributed by atoms with Gasteiger partial charge < -0.3 is 10.2 Å². The Morgan fingerprint density at radius 1 is 0.500 bits per heavy atom. The van der Waals surface area contributed by atoms with Crippen molar-refractivity contribution in [1.82, 2.24) is 0 Å². The highest BCUT2D eigenvalue weighted by Gasteiger charge is 2.05. The Morgan fingerprint density at radius 3 is 1.05 bits per heavy atom. The largest absolute Gasteiger partial charge is 0.394 e. The van der Waals surface area contributed by atoms with Crippen molar-refractivity contribution in [2.24, 2.45) is 0 Å². The molecule has 0 radical (unpaired) electrons. The lowest BCUT2D eigenvalue weighted by Crippen LogP contribution is -1.85. The quantitative estimate of drug-likeness (QED) is 0.516. The topological polar surface area (TPSA) is 40.5 Å². The van der Waals surface area contributed by atoms with Crippen molar-refractivity contribution in [2.45, 2.75) is 0 Å². The molecule has 0 spiro atoms. The summed E-state index contributed by atoms with van der Waals surface area (Å²) >= 11 is 0. The lowest BCUT2D eigenvalue weighted by molar-refractivity contribution is 0.186. The second-order valence-electron chi connectivity index (χ2n) is 4.74. The van der Waals surface area contributed by atoms with E-state index in [2.05, 4.69) is 60.7 Å². The Hall–Kier alpha value is -2.16. The third-order valence-corrected chi connectivity index (χ3v) is 3.49. The zero-order valence-electron chi connectivity index (χ0n) is 11.1. The first kappa shape index (κ1) is 12.9. The monoisotopic (exact) mass is 264 g/mol. The summed E-state index contributed by atoms with van der Waals surface area (Å²) in [6, 6.07) is 21.9. The average Bonchev–Trinajstić information content (AvgIpc) is 2.53. The molecule has 0 aliphatic heterocycles. The predicted octanol–water partition coefficient (Wildman–Crippen LogP) is 3.56. The van der Waals surface area contributed by atoms with Crippen LogP contribution in [0, 0.1) is 0 Å². The van der Waals surface area contributed by atoms with E-state index in [1.807, 2.05) is 0 Å². The minimum absolute atomic E-state index is 0.125. The van der Waals surface area contributed by atoms with E-state index < -0.39 is 0 Å². The van der Waals surface area contributed by atoms with E-state index >= 15 is 0 Å². The van der Waals surface area contributed by atoms with E-state index in [-0.39, 0.29) is 13.2 Å². The van der Waals surface area contributed by atoms with Gasteiger partial charge in [0.1, 0.15) is 0 Å². The van der Waals surface area contributed by atoms with Gasteiger partial charge in [0.25, 0.3) is 0 Å². The van der Waals surface area contributed by atoms with Crippen molar-refractivity contribution in [3.63, 3.8) is 0 Å². The number of hydrogen-bond donors (Lipinski definition) is 2. The molecule has 0 saturated heterocycles. The van der Waals surface area contributed by atoms with Crippen LogP contribution < -0.4 is 0 Å². The SMILES string of the molecule is OCCO.c1cc2ccc3cccc4ccc(c1)c2c34. The third kappa shape index (κ3) is 2.09. The van der Waals surface area contributed by atoms with Gasteiger partial charge in [-0.15, -0.1) is 0 Å². The lowest BCUT2D eigenvalue weighted by Gasteiger charge is -2.09. The Labute approximate surface area is 117 Å². The van der Waals surface area contributed by atoms with Crippen LogP contribution in [-0.4, -0.2) is 23.4 Å². The molecule has 0 unspecified atom stereocenters. The second-order valence-corrected chi connectivity index (χ2v) is 4.74. The molecule has 100 valence electrons. The van der Waals surface area contributed by atoms with Gasteiger partial charge in [-0.2, -0.15) is 0 Å². The summed E-state index contributed by atoms with van der Waals surface area (Å²) in [6.45, 7) is -0.250. The van der Waals surface area contributed by atoms with Crippen LogP contribution >= 0.6 is 0 Å². The molecule has 0 aliphatic rings. The van der Waals surface area contributed by atoms with Gasteiger partial charge in [-0.3, -0.25) is 0 Å². The van der Waals surface area contributed by atoms with Crippen LogP contribution in [0.15, 0.2) is 60.7 Å². The van der Waals surface area contributed by atoms with Gasteiger partial charge in [0.15, 0.2) is 0 Å². The highest BCUT2D eigenvalue weighted by Crippen LogP contribution is 2.33. The van der Waals surface area contributed by atoms with Gasteiger partial charge in [0.05, 0.1) is 13.2 Å². The highest BCUT2D eigenvalue weighted by molar-refractivity contribution is 6.22. The van der Waals surface area contributed by atoms with Crippen LogP contribution in [0.2, 0.25) is 0 Å². The number of hydrogen-bond acceptors (Lipinski definition) is 2. The third-order valence-electron chi connectivity index (χ3n) is 3.49. The molecule has 2 N–H and O–H groups in total. The number of aliphatic hydroxyl groups excluding tert-OH is 2. The maximum absolute atomic E-state index is 7.62. The molecule has 0 atom stereocenters. The summed E-state index contributed by atoms with van der Waals surface area (Å²) < 4.78 is 0. The Balaban J connectivity index is 0.000000272. The first-order chi connectivity index (χ1) is 9.85. The van der Waals surface area contributed by atoms with Gasteiger partial charge >= 0.3 is 0 Å². The van der Waals surface area contributed by atoms with Crippen LogP contribution in [0.1, 0.15) is 0 Å². The van der Waals surface area contributed by atoms with Crippen LogP contribution in [0.25, 0.3) is 32.3 Å². The maximum atomic E-state index is 7.62. The van der Waals surface area contributed by atoms with Gasteiger partial charge in [0.2, 0.25) is 0 Å². The molecule has 0 amide bonds. The minimum atomic E-state index is -0.125. The fourth-order valence-corrected chi connectivity index (χ4v) is 2.67. The van der Waals surface area contributed by atoms with Gasteiger partial charge in [-0.05, 0) is 32.3 Å². The van der Waals surface area contributed by atoms with E-state index in [1.165, 1.54) is 32.3 Å². The van der Waals surface area contributed by atoms with Crippen molar-refractivity contribution in [2.75, 3.05) is 13.2 Å². The predicted molar refractivity (Wildman–Crippen MR) is 84.3 cm³/mol. The van der Waals surface area contributed by atoms with E-state index in [0.717, 1.165) is 0 Å². The first-order valence-corrected chi connectivity index (χ1v) is 6.69. The van der Waals surface area contributed by atoms with Crippen LogP contribution in [-0.2, 0) is 0 Å². The van der Waals surface area contributed by atoms with Crippen molar-refractivity contribution in [3.05, 3.63) is 60.7 Å². The molecule has 0 saturated carbocycles. The summed E-state index contributed by atoms with van der Waals surface area (Å²) in [7, 11) is 0. The molecule has 0 aliphatic carbocycles. The number of benzene rings is 4. The van der Waals surface area contributed by atoms with Crippen LogP contribution in [0.5, 0.6) is 0 Å². The Bertz CT molecular complexity index is 704. The summed E-state index contributed by atoms with van der Waals surface area (Å²) in [4.78, 5) is 0. The Kier molecular flexibility index (Phi) is 3.50. The van der Waals surface area contributed by atoms with Crippen LogP contribution in [0.3, 0.4) is 0 Å². The standard InChI is InChI=1S/C16H10.C2H6O2/c1-3-11-7-9-13-5-2-6-14-10-8-12(4-1)15(11)16(13)14;3-1-2-4/h1-10H;3-4H,1-2H2. The molecule has 4 aromatic rings. The van der Waals surface area contributed by atoms with Crippen LogP contribution in [0.4, 0.5) is 0 Å². The molecule has 4 rings (SSSR count). The van der Waals surface area contributed by atoms with Crippen molar-refractivity contribution >= 4 is 32.3 Å². The molecule has 0 heterocycles. The summed E-state index contributed by atoms with van der Waals surface area (Å²) in [5.41, 5.74) is 0. The molecule has 2 heteroatoms. The second kappa shape index (κ2) is 5.45. The molecule has 0 fully saturated rings. The lowest BCUT2D eigenvalue weighted by atomic mass is 9.95. The number of rotatable bonds is 1. The van der Waals surface area contributed by atoms with Gasteiger partial charge in [-0.1, -0.05) is 60.7 Å². The van der Waals surface area contributed by atoms with Crippen molar-refractivity contribution in [1.29, 1.82) is 0 Å². The van der Waals surface area contributed by atoms with Crippen molar-refractivity contribution in [3.8, 4) is 0 Å². The fraction of sp³-hybridized carbons (Fsp3) is 0.111. The highest BCUT2D eigenvalue weighted by atomic mass is 16.3. The van der Waals surface area contributed by atoms with Crippen molar-refractivity contribution < 1.29 is 10.2 Å². The molecule has 0 aromatic heterocycles. The summed E-state index contributed by atoms with van der Waals surface area (Å²) in [6.07, 6.45) is 0. The van der Waals surface area contributed by atoms with Gasteiger partial charge in [-0.25, -0.2) is 0 Å². The zero-order valence-corrected chi connectivity index (χ0v) is 11.1. The Morgan fingerprint density at radius 2 is 0.800 bits per heavy atom. The van der Waals surface area contributed by atoms with E-state index in [4.69, 9.17) is 10.2 Å². The molecule has 20 heavy (non-hydrogen) atoms. The average molecular weight is 264 g/mol. The molecular formula is C18H16O2.